The predicted octanol–water partition coefficient (Wildman–Crippen LogP) is 4.51. The highest BCUT2D eigenvalue weighted by atomic mass is 19.4. The molecule has 1 fully saturated rings. The molecule has 1 aliphatic carbocycles. The Bertz CT molecular complexity index is 1850. The summed E-state index contributed by atoms with van der Waals surface area (Å²) < 4.78 is 84.6. The molecule has 14 heteroatoms. The molecule has 0 bridgehead atoms. The molecule has 3 heterocycles. The molecule has 2 aliphatic rings. The van der Waals surface area contributed by atoms with Crippen LogP contribution in [0.15, 0.2) is 54.7 Å². The first-order valence-corrected chi connectivity index (χ1v) is 13.8. The normalized spacial score (nSPS) is 19.0. The van der Waals surface area contributed by atoms with Gasteiger partial charge in [-0.25, -0.2) is 13.8 Å². The van der Waals surface area contributed by atoms with E-state index in [2.05, 4.69) is 15.3 Å². The minimum Gasteiger partial charge on any atom is -0.488 e. The monoisotopic (exact) mass is 628 g/mol. The number of hydrogen-bond donors (Lipinski definition) is 3. The van der Waals surface area contributed by atoms with Gasteiger partial charge in [0.15, 0.2) is 5.75 Å². The minimum absolute atomic E-state index is 0.0000363. The maximum Gasteiger partial charge on any atom is 0.424 e. The van der Waals surface area contributed by atoms with E-state index in [0.717, 1.165) is 42.7 Å². The van der Waals surface area contributed by atoms with Crippen molar-refractivity contribution in [2.24, 2.45) is 5.73 Å². The average Bonchev–Trinajstić information content (AvgIpc) is 3.74. The number of primary amides is 1. The Hall–Kier alpha value is -4.85. The van der Waals surface area contributed by atoms with Crippen LogP contribution in [0, 0.1) is 12.7 Å². The molecule has 2 atom stereocenters. The predicted molar refractivity (Wildman–Crippen MR) is 150 cm³/mol. The van der Waals surface area contributed by atoms with Crippen LogP contribution in [0.25, 0.3) is 22.2 Å². The summed E-state index contributed by atoms with van der Waals surface area (Å²) in [5.74, 6) is -3.33. The van der Waals surface area contributed by atoms with Crippen molar-refractivity contribution >= 4 is 22.7 Å². The van der Waals surface area contributed by atoms with Crippen molar-refractivity contribution in [2.75, 3.05) is 13.2 Å². The fraction of sp³-hybridized carbons (Fsp3) is 0.290. The van der Waals surface area contributed by atoms with Gasteiger partial charge in [0, 0.05) is 28.3 Å². The molecule has 0 unspecified atom stereocenters. The lowest BCUT2D eigenvalue weighted by molar-refractivity contribution is -0.265. The number of aliphatic hydroxyl groups is 1. The fourth-order valence-corrected chi connectivity index (χ4v) is 5.00. The van der Waals surface area contributed by atoms with Gasteiger partial charge in [0.2, 0.25) is 5.60 Å². The summed E-state index contributed by atoms with van der Waals surface area (Å²) in [4.78, 5) is 33.6. The van der Waals surface area contributed by atoms with E-state index >= 15 is 4.39 Å². The van der Waals surface area contributed by atoms with Crippen molar-refractivity contribution in [3.63, 3.8) is 0 Å². The molecule has 45 heavy (non-hydrogen) atoms. The van der Waals surface area contributed by atoms with Gasteiger partial charge in [-0.15, -0.1) is 0 Å². The van der Waals surface area contributed by atoms with E-state index in [-0.39, 0.29) is 23.0 Å². The van der Waals surface area contributed by atoms with E-state index < -0.39 is 70.9 Å². The molecular formula is C31H25F5N4O5. The minimum atomic E-state index is -5.47. The van der Waals surface area contributed by atoms with Crippen LogP contribution >= 0.6 is 0 Å². The number of benzene rings is 2. The van der Waals surface area contributed by atoms with E-state index in [0.29, 0.717) is 17.0 Å². The third kappa shape index (κ3) is 5.39. The van der Waals surface area contributed by atoms with E-state index in [1.165, 1.54) is 12.1 Å². The highest BCUT2D eigenvalue weighted by molar-refractivity contribution is 6.00. The number of aryl methyl sites for hydroxylation is 1. The van der Waals surface area contributed by atoms with E-state index in [9.17, 15) is 32.3 Å². The van der Waals surface area contributed by atoms with Crippen molar-refractivity contribution in [3.05, 3.63) is 82.9 Å². The second kappa shape index (κ2) is 10.6. The zero-order valence-corrected chi connectivity index (χ0v) is 23.5. The van der Waals surface area contributed by atoms with Gasteiger partial charge in [0.25, 0.3) is 17.5 Å². The topological polar surface area (TPSA) is 137 Å². The molecule has 4 aromatic rings. The molecule has 6 rings (SSSR count). The van der Waals surface area contributed by atoms with E-state index in [1.54, 1.807) is 19.2 Å². The lowest BCUT2D eigenvalue weighted by Crippen LogP contribution is -2.51. The van der Waals surface area contributed by atoms with Gasteiger partial charge in [-0.1, -0.05) is 0 Å². The number of carbonyl (C=O) groups excluding carboxylic acids is 2. The number of carbonyl (C=O) groups is 2. The Morgan fingerprint density at radius 1 is 1.16 bits per heavy atom. The first-order chi connectivity index (χ1) is 21.2. The average molecular weight is 629 g/mol. The number of halogens is 5. The van der Waals surface area contributed by atoms with Crippen LogP contribution in [0.2, 0.25) is 0 Å². The van der Waals surface area contributed by atoms with Gasteiger partial charge in [-0.2, -0.15) is 13.2 Å². The number of ether oxygens (including phenoxy) is 2. The zero-order chi connectivity index (χ0) is 32.3. The van der Waals surface area contributed by atoms with Crippen LogP contribution in [0.3, 0.4) is 0 Å². The molecule has 0 radical (unpaired) electrons. The molecule has 0 spiro atoms. The van der Waals surface area contributed by atoms with Gasteiger partial charge < -0.3 is 25.6 Å². The van der Waals surface area contributed by atoms with Crippen molar-refractivity contribution in [2.45, 2.75) is 43.3 Å². The quantitative estimate of drug-likeness (QED) is 0.244. The van der Waals surface area contributed by atoms with Crippen molar-refractivity contribution in [1.82, 2.24) is 15.3 Å². The molecule has 2 aromatic heterocycles. The number of rotatable bonds is 8. The first-order valence-electron chi connectivity index (χ1n) is 13.8. The molecular weight excluding hydrogens is 603 g/mol. The molecule has 1 saturated carbocycles. The fourth-order valence-electron chi connectivity index (χ4n) is 5.00. The number of nitrogens with two attached hydrogens (primary N) is 1. The molecule has 2 aromatic carbocycles. The Balaban J connectivity index is 1.40. The largest absolute Gasteiger partial charge is 0.488 e. The van der Waals surface area contributed by atoms with Crippen LogP contribution in [-0.2, 0) is 16.1 Å². The SMILES string of the molecule is Cc1cnc2c(OC3CC3)cc(C(=O)NC[C@](O)(c3cc4c(c(-c5ccc(F)cc5)n3)OC[C@]4(F)C(N)=O)C(F)(F)F)cc2c1. The van der Waals surface area contributed by atoms with Crippen molar-refractivity contribution in [3.8, 4) is 22.8 Å². The molecule has 9 nitrogen and oxygen atoms in total. The lowest BCUT2D eigenvalue weighted by Gasteiger charge is -2.31. The zero-order valence-electron chi connectivity index (χ0n) is 23.5. The van der Waals surface area contributed by atoms with Gasteiger partial charge in [0.1, 0.15) is 29.4 Å². The molecule has 4 N–H and O–H groups in total. The molecule has 0 saturated heterocycles. The highest BCUT2D eigenvalue weighted by Crippen LogP contribution is 2.48. The number of nitrogens with zero attached hydrogens (tertiary/aromatic N) is 2. The Morgan fingerprint density at radius 3 is 2.51 bits per heavy atom. The molecule has 1 aliphatic heterocycles. The summed E-state index contributed by atoms with van der Waals surface area (Å²) in [5, 5.41) is 13.8. The van der Waals surface area contributed by atoms with Crippen LogP contribution < -0.4 is 20.5 Å². The number of alkyl halides is 4. The second-order valence-corrected chi connectivity index (χ2v) is 11.1. The number of fused-ring (bicyclic) bond motifs is 2. The number of hydrogen-bond acceptors (Lipinski definition) is 7. The van der Waals surface area contributed by atoms with Gasteiger partial charge in [-0.05, 0) is 73.9 Å². The van der Waals surface area contributed by atoms with E-state index in [1.807, 2.05) is 0 Å². The number of pyridine rings is 2. The van der Waals surface area contributed by atoms with Crippen LogP contribution in [0.1, 0.15) is 40.0 Å². The van der Waals surface area contributed by atoms with Crippen LogP contribution in [-0.4, -0.2) is 52.3 Å². The Morgan fingerprint density at radius 2 is 1.87 bits per heavy atom. The van der Waals surface area contributed by atoms with Crippen LogP contribution in [0.5, 0.6) is 11.5 Å². The number of nitrogens with one attached hydrogen (secondary N) is 1. The lowest BCUT2D eigenvalue weighted by atomic mass is 9.90. The summed E-state index contributed by atoms with van der Waals surface area (Å²) in [5.41, 5.74) is -2.80. The van der Waals surface area contributed by atoms with Gasteiger partial charge >= 0.3 is 6.18 Å². The summed E-state index contributed by atoms with van der Waals surface area (Å²) in [6.07, 6.45) is -2.33. The highest BCUT2D eigenvalue weighted by Gasteiger charge is 2.58. The summed E-state index contributed by atoms with van der Waals surface area (Å²) in [7, 11) is 0. The molecule has 2 amide bonds. The molecule has 234 valence electrons. The second-order valence-electron chi connectivity index (χ2n) is 11.1. The standard InChI is InChI=1S/C31H25F5N4O5/c1-15-8-17-9-18(10-22(24(17)38-12-15)45-20-6-7-20)27(41)39-13-30(43,31(34,35)36)23-11-21-26(44-14-29(21,33)28(37)42)25(40-23)16-2-4-19(32)5-3-16/h2-5,8-12,20,43H,6-7,13-14H2,1H3,(H2,37,42)(H,39,41)/t29-,30+/m1/s1. The maximum atomic E-state index is 15.7. The van der Waals surface area contributed by atoms with Crippen molar-refractivity contribution < 1.29 is 46.1 Å². The summed E-state index contributed by atoms with van der Waals surface area (Å²) >= 11 is 0. The Kier molecular flexibility index (Phi) is 7.14. The third-order valence-corrected chi connectivity index (χ3v) is 7.69. The summed E-state index contributed by atoms with van der Waals surface area (Å²) in [6, 6.07) is 9.33. The van der Waals surface area contributed by atoms with Crippen molar-refractivity contribution in [1.29, 1.82) is 0 Å². The third-order valence-electron chi connectivity index (χ3n) is 7.69. The maximum absolute atomic E-state index is 15.7. The smallest absolute Gasteiger partial charge is 0.424 e. The van der Waals surface area contributed by atoms with Crippen LogP contribution in [0.4, 0.5) is 22.0 Å². The summed E-state index contributed by atoms with van der Waals surface area (Å²) in [6.45, 7) is -0.632. The van der Waals surface area contributed by atoms with Gasteiger partial charge in [-0.3, -0.25) is 14.6 Å². The number of aromatic nitrogens is 2. The first kappa shape index (κ1) is 30.2. The van der Waals surface area contributed by atoms with E-state index in [4.69, 9.17) is 15.2 Å². The Labute approximate surface area is 252 Å². The van der Waals surface area contributed by atoms with Gasteiger partial charge in [0.05, 0.1) is 18.3 Å². The number of amides is 2.